The Morgan fingerprint density at radius 1 is 0.722 bits per heavy atom. The predicted octanol–water partition coefficient (Wildman–Crippen LogP) is 3.64. The van der Waals surface area contributed by atoms with E-state index in [1.165, 1.54) is 60.9 Å². The van der Waals surface area contributed by atoms with Crippen LogP contribution in [0.5, 0.6) is 0 Å². The lowest BCUT2D eigenvalue weighted by Crippen LogP contribution is -2.16. The fourth-order valence-electron chi connectivity index (χ4n) is 3.17. The van der Waals surface area contributed by atoms with E-state index in [1.807, 2.05) is 0 Å². The molecule has 1 amide bonds. The highest BCUT2D eigenvalue weighted by molar-refractivity contribution is 7.93. The van der Waals surface area contributed by atoms with E-state index in [-0.39, 0.29) is 15.7 Å². The standard InChI is InChI=1S/C24H21N5O5S2/c1-17-16-18(8-13-22(17)28-35(31,32)20-6-3-2-4-7-20)23(30)27-19-9-11-21(12-10-19)36(33,34)29-24-25-14-5-15-26-24/h2-16,28H,1H3,(H,27,30)(H,25,26,29). The molecule has 184 valence electrons. The number of anilines is 3. The van der Waals surface area contributed by atoms with Gasteiger partial charge >= 0.3 is 0 Å². The molecule has 0 spiro atoms. The molecule has 0 atom stereocenters. The Labute approximate surface area is 208 Å². The van der Waals surface area contributed by atoms with E-state index in [2.05, 4.69) is 24.7 Å². The second-order valence-electron chi connectivity index (χ2n) is 7.60. The lowest BCUT2D eigenvalue weighted by Gasteiger charge is -2.12. The Morgan fingerprint density at radius 2 is 1.33 bits per heavy atom. The van der Waals surface area contributed by atoms with E-state index >= 15 is 0 Å². The third kappa shape index (κ3) is 5.85. The smallest absolute Gasteiger partial charge is 0.264 e. The Morgan fingerprint density at radius 3 is 1.97 bits per heavy atom. The van der Waals surface area contributed by atoms with E-state index in [0.29, 0.717) is 22.5 Å². The summed E-state index contributed by atoms with van der Waals surface area (Å²) in [5.74, 6) is -0.498. The van der Waals surface area contributed by atoms with E-state index in [1.54, 1.807) is 37.3 Å². The molecular weight excluding hydrogens is 502 g/mol. The number of amides is 1. The highest BCUT2D eigenvalue weighted by atomic mass is 32.2. The lowest BCUT2D eigenvalue weighted by atomic mass is 10.1. The Balaban J connectivity index is 1.44. The minimum absolute atomic E-state index is 0.0288. The first-order valence-electron chi connectivity index (χ1n) is 10.5. The second-order valence-corrected chi connectivity index (χ2v) is 11.0. The number of aromatic nitrogens is 2. The van der Waals surface area contributed by atoms with Gasteiger partial charge in [-0.2, -0.15) is 0 Å². The molecule has 3 aromatic carbocycles. The van der Waals surface area contributed by atoms with Gasteiger partial charge in [0, 0.05) is 23.6 Å². The van der Waals surface area contributed by atoms with Crippen molar-refractivity contribution in [1.29, 1.82) is 0 Å². The van der Waals surface area contributed by atoms with E-state index in [9.17, 15) is 21.6 Å². The Bertz CT molecular complexity index is 1590. The molecule has 12 heteroatoms. The van der Waals surface area contributed by atoms with Crippen LogP contribution in [0.15, 0.2) is 101 Å². The summed E-state index contributed by atoms with van der Waals surface area (Å²) in [5, 5.41) is 2.69. The molecule has 36 heavy (non-hydrogen) atoms. The predicted molar refractivity (Wildman–Crippen MR) is 136 cm³/mol. The van der Waals surface area contributed by atoms with Crippen molar-refractivity contribution in [1.82, 2.24) is 9.97 Å². The number of carbonyl (C=O) groups is 1. The fourth-order valence-corrected chi connectivity index (χ4v) is 5.28. The molecule has 0 aliphatic carbocycles. The summed E-state index contributed by atoms with van der Waals surface area (Å²) < 4.78 is 54.9. The van der Waals surface area contributed by atoms with Crippen LogP contribution in [0.4, 0.5) is 17.3 Å². The number of aryl methyl sites for hydroxylation is 1. The summed E-state index contributed by atoms with van der Waals surface area (Å²) in [5.41, 5.74) is 1.58. The van der Waals surface area contributed by atoms with Gasteiger partial charge < -0.3 is 5.32 Å². The van der Waals surface area contributed by atoms with E-state index in [0.717, 1.165) is 0 Å². The third-order valence-electron chi connectivity index (χ3n) is 5.00. The van der Waals surface area contributed by atoms with Crippen molar-refractivity contribution in [2.45, 2.75) is 16.7 Å². The fraction of sp³-hybridized carbons (Fsp3) is 0.0417. The first-order valence-corrected chi connectivity index (χ1v) is 13.5. The zero-order valence-electron chi connectivity index (χ0n) is 18.9. The van der Waals surface area contributed by atoms with Crippen molar-refractivity contribution in [3.63, 3.8) is 0 Å². The number of sulfonamides is 2. The molecule has 0 bridgehead atoms. The van der Waals surface area contributed by atoms with Gasteiger partial charge in [0.2, 0.25) is 5.95 Å². The first kappa shape index (κ1) is 24.8. The average molecular weight is 524 g/mol. The highest BCUT2D eigenvalue weighted by Gasteiger charge is 2.17. The molecule has 4 rings (SSSR count). The zero-order valence-corrected chi connectivity index (χ0v) is 20.5. The van der Waals surface area contributed by atoms with Crippen molar-refractivity contribution in [2.24, 2.45) is 0 Å². The molecule has 4 aromatic rings. The van der Waals surface area contributed by atoms with Crippen LogP contribution in [-0.2, 0) is 20.0 Å². The van der Waals surface area contributed by atoms with Crippen molar-refractivity contribution in [3.05, 3.63) is 102 Å². The van der Waals surface area contributed by atoms with Crippen LogP contribution >= 0.6 is 0 Å². The van der Waals surface area contributed by atoms with Gasteiger partial charge in [0.1, 0.15) is 0 Å². The number of hydrogen-bond donors (Lipinski definition) is 3. The number of hydrogen-bond acceptors (Lipinski definition) is 7. The average Bonchev–Trinajstić information content (AvgIpc) is 2.86. The minimum Gasteiger partial charge on any atom is -0.322 e. The van der Waals surface area contributed by atoms with Crippen molar-refractivity contribution in [3.8, 4) is 0 Å². The van der Waals surface area contributed by atoms with Crippen molar-refractivity contribution < 1.29 is 21.6 Å². The van der Waals surface area contributed by atoms with Gasteiger partial charge in [-0.15, -0.1) is 0 Å². The van der Waals surface area contributed by atoms with Gasteiger partial charge in [-0.25, -0.2) is 31.5 Å². The van der Waals surface area contributed by atoms with Crippen LogP contribution < -0.4 is 14.8 Å². The molecule has 1 aromatic heterocycles. The Hall–Kier alpha value is -4.29. The molecule has 0 fully saturated rings. The van der Waals surface area contributed by atoms with Gasteiger partial charge in [0.05, 0.1) is 15.5 Å². The maximum Gasteiger partial charge on any atom is 0.264 e. The van der Waals surface area contributed by atoms with Gasteiger partial charge in [-0.1, -0.05) is 18.2 Å². The van der Waals surface area contributed by atoms with Crippen LogP contribution in [0.25, 0.3) is 0 Å². The molecule has 0 aliphatic rings. The van der Waals surface area contributed by atoms with Crippen molar-refractivity contribution in [2.75, 3.05) is 14.8 Å². The molecule has 0 saturated carbocycles. The molecule has 0 unspecified atom stereocenters. The van der Waals surface area contributed by atoms with Gasteiger partial charge in [0.25, 0.3) is 26.0 Å². The molecule has 0 radical (unpaired) electrons. The van der Waals surface area contributed by atoms with E-state index < -0.39 is 26.0 Å². The van der Waals surface area contributed by atoms with Crippen LogP contribution in [0.1, 0.15) is 15.9 Å². The summed E-state index contributed by atoms with van der Waals surface area (Å²) in [6.07, 6.45) is 2.83. The summed E-state index contributed by atoms with van der Waals surface area (Å²) >= 11 is 0. The van der Waals surface area contributed by atoms with Crippen LogP contribution in [-0.4, -0.2) is 32.7 Å². The number of nitrogens with zero attached hydrogens (tertiary/aromatic N) is 2. The summed E-state index contributed by atoms with van der Waals surface area (Å²) in [6, 6.07) is 19.7. The summed E-state index contributed by atoms with van der Waals surface area (Å²) in [7, 11) is -7.67. The number of benzene rings is 3. The van der Waals surface area contributed by atoms with Gasteiger partial charge in [-0.05, 0) is 73.2 Å². The lowest BCUT2D eigenvalue weighted by molar-refractivity contribution is 0.102. The van der Waals surface area contributed by atoms with Crippen LogP contribution in [0, 0.1) is 6.92 Å². The molecular formula is C24H21N5O5S2. The number of nitrogens with one attached hydrogen (secondary N) is 3. The molecule has 0 aliphatic heterocycles. The van der Waals surface area contributed by atoms with E-state index in [4.69, 9.17) is 0 Å². The second kappa shape index (κ2) is 10.1. The first-order chi connectivity index (χ1) is 17.1. The molecule has 0 saturated heterocycles. The monoisotopic (exact) mass is 523 g/mol. The molecule has 3 N–H and O–H groups in total. The normalized spacial score (nSPS) is 11.5. The number of carbonyl (C=O) groups excluding carboxylic acids is 1. The van der Waals surface area contributed by atoms with Crippen molar-refractivity contribution >= 4 is 43.3 Å². The third-order valence-corrected chi connectivity index (χ3v) is 7.73. The highest BCUT2D eigenvalue weighted by Crippen LogP contribution is 2.22. The maximum atomic E-state index is 12.7. The SMILES string of the molecule is Cc1cc(C(=O)Nc2ccc(S(=O)(=O)Nc3ncccn3)cc2)ccc1NS(=O)(=O)c1ccccc1. The van der Waals surface area contributed by atoms with Crippen LogP contribution in [0.2, 0.25) is 0 Å². The number of rotatable bonds is 8. The Kier molecular flexibility index (Phi) is 6.99. The zero-order chi connectivity index (χ0) is 25.8. The summed E-state index contributed by atoms with van der Waals surface area (Å²) in [4.78, 5) is 20.5. The van der Waals surface area contributed by atoms with Gasteiger partial charge in [0.15, 0.2) is 0 Å². The largest absolute Gasteiger partial charge is 0.322 e. The topological polar surface area (TPSA) is 147 Å². The minimum atomic E-state index is -3.90. The summed E-state index contributed by atoms with van der Waals surface area (Å²) in [6.45, 7) is 1.68. The van der Waals surface area contributed by atoms with Gasteiger partial charge in [-0.3, -0.25) is 9.52 Å². The van der Waals surface area contributed by atoms with Crippen LogP contribution in [0.3, 0.4) is 0 Å². The molecule has 10 nitrogen and oxygen atoms in total. The molecule has 1 heterocycles. The quantitative estimate of drug-likeness (QED) is 0.319. The maximum absolute atomic E-state index is 12.7.